The zero-order valence-electron chi connectivity index (χ0n) is 6.54. The number of aliphatic carboxylic acids is 1. The Morgan fingerprint density at radius 2 is 2.36 bits per heavy atom. The van der Waals surface area contributed by atoms with Crippen LogP contribution in [0, 0.1) is 11.8 Å². The van der Waals surface area contributed by atoms with Gasteiger partial charge in [-0.1, -0.05) is 13.3 Å². The van der Waals surface area contributed by atoms with Gasteiger partial charge in [-0.15, -0.1) is 0 Å². The molecule has 1 rings (SSSR count). The maximum absolute atomic E-state index is 11.0. The van der Waals surface area contributed by atoms with Crippen molar-refractivity contribution in [3.05, 3.63) is 0 Å². The van der Waals surface area contributed by atoms with Crippen molar-refractivity contribution in [3.8, 4) is 0 Å². The first kappa shape index (κ1) is 8.24. The summed E-state index contributed by atoms with van der Waals surface area (Å²) in [5.41, 5.74) is 0. The Hall–Kier alpha value is -0.860. The number of ketones is 1. The normalized spacial score (nSPS) is 30.8. The van der Waals surface area contributed by atoms with Crippen molar-refractivity contribution >= 4 is 11.8 Å². The predicted octanol–water partition coefficient (Wildman–Crippen LogP) is 1.08. The minimum Gasteiger partial charge on any atom is -0.481 e. The molecule has 0 heterocycles. The smallest absolute Gasteiger partial charge is 0.314 e. The van der Waals surface area contributed by atoms with Crippen molar-refractivity contribution in [2.75, 3.05) is 0 Å². The van der Waals surface area contributed by atoms with Crippen LogP contribution in [0.5, 0.6) is 0 Å². The maximum Gasteiger partial charge on any atom is 0.314 e. The molecule has 0 amide bonds. The minimum absolute atomic E-state index is 0.0833. The zero-order chi connectivity index (χ0) is 8.43. The summed E-state index contributed by atoms with van der Waals surface area (Å²) in [6, 6.07) is 0. The van der Waals surface area contributed by atoms with E-state index in [0.29, 0.717) is 6.42 Å². The third-order valence-electron chi connectivity index (χ3n) is 2.37. The van der Waals surface area contributed by atoms with Gasteiger partial charge in [0.05, 0.1) is 0 Å². The van der Waals surface area contributed by atoms with Crippen LogP contribution in [0.25, 0.3) is 0 Å². The fraction of sp³-hybridized carbons (Fsp3) is 0.750. The molecule has 2 atom stereocenters. The Balaban J connectivity index is 2.71. The van der Waals surface area contributed by atoms with Gasteiger partial charge in [0.2, 0.25) is 0 Å². The van der Waals surface area contributed by atoms with E-state index >= 15 is 0 Å². The van der Waals surface area contributed by atoms with Gasteiger partial charge in [-0.05, 0) is 12.3 Å². The second kappa shape index (κ2) is 3.03. The maximum atomic E-state index is 11.0. The molecule has 1 saturated carbocycles. The van der Waals surface area contributed by atoms with Gasteiger partial charge in [-0.25, -0.2) is 0 Å². The van der Waals surface area contributed by atoms with Crippen LogP contribution in [0.4, 0.5) is 0 Å². The van der Waals surface area contributed by atoms with Crippen molar-refractivity contribution in [2.45, 2.75) is 26.2 Å². The molecule has 0 aromatic rings. The highest BCUT2D eigenvalue weighted by atomic mass is 16.4. The molecule has 0 aliphatic heterocycles. The highest BCUT2D eigenvalue weighted by molar-refractivity contribution is 6.00. The summed E-state index contributed by atoms with van der Waals surface area (Å²) in [5.74, 6) is -1.66. The van der Waals surface area contributed by atoms with E-state index in [1.54, 1.807) is 0 Å². The van der Waals surface area contributed by atoms with Crippen LogP contribution >= 0.6 is 0 Å². The first-order valence-electron chi connectivity index (χ1n) is 3.92. The molecule has 0 aromatic heterocycles. The van der Waals surface area contributed by atoms with Gasteiger partial charge in [0.25, 0.3) is 0 Å². The molecule has 0 saturated heterocycles. The lowest BCUT2D eigenvalue weighted by molar-refractivity contribution is -0.146. The van der Waals surface area contributed by atoms with Crippen molar-refractivity contribution in [1.29, 1.82) is 0 Å². The Morgan fingerprint density at radius 3 is 2.73 bits per heavy atom. The van der Waals surface area contributed by atoms with Crippen LogP contribution in [0.1, 0.15) is 26.2 Å². The fourth-order valence-corrected chi connectivity index (χ4v) is 1.69. The van der Waals surface area contributed by atoms with Crippen LogP contribution in [-0.4, -0.2) is 16.9 Å². The number of carboxylic acid groups (broad SMARTS) is 1. The number of hydrogen-bond donors (Lipinski definition) is 1. The molecule has 0 spiro atoms. The average molecular weight is 156 g/mol. The van der Waals surface area contributed by atoms with E-state index < -0.39 is 11.9 Å². The van der Waals surface area contributed by atoms with Gasteiger partial charge in [0.1, 0.15) is 11.7 Å². The van der Waals surface area contributed by atoms with Crippen LogP contribution in [0.3, 0.4) is 0 Å². The summed E-state index contributed by atoms with van der Waals surface area (Å²) in [6.45, 7) is 1.93. The lowest BCUT2D eigenvalue weighted by Crippen LogP contribution is -2.23. The van der Waals surface area contributed by atoms with E-state index in [9.17, 15) is 9.59 Å². The Labute approximate surface area is 65.4 Å². The van der Waals surface area contributed by atoms with Crippen molar-refractivity contribution in [3.63, 3.8) is 0 Å². The second-order valence-electron chi connectivity index (χ2n) is 2.99. The quantitative estimate of drug-likeness (QED) is 0.608. The third kappa shape index (κ3) is 1.42. The predicted molar refractivity (Wildman–Crippen MR) is 39.1 cm³/mol. The van der Waals surface area contributed by atoms with Gasteiger partial charge >= 0.3 is 5.97 Å². The number of hydrogen-bond acceptors (Lipinski definition) is 2. The zero-order valence-corrected chi connectivity index (χ0v) is 6.54. The molecule has 0 aromatic carbocycles. The topological polar surface area (TPSA) is 54.4 Å². The summed E-state index contributed by atoms with van der Waals surface area (Å²) in [5, 5.41) is 8.66. The Bertz CT molecular complexity index is 186. The molecule has 1 aliphatic rings. The largest absolute Gasteiger partial charge is 0.481 e. The van der Waals surface area contributed by atoms with Gasteiger partial charge in [-0.3, -0.25) is 9.59 Å². The number of carboxylic acids is 1. The van der Waals surface area contributed by atoms with E-state index in [1.165, 1.54) is 0 Å². The summed E-state index contributed by atoms with van der Waals surface area (Å²) in [7, 11) is 0. The Kier molecular flexibility index (Phi) is 2.27. The van der Waals surface area contributed by atoms with Crippen molar-refractivity contribution in [2.24, 2.45) is 11.8 Å². The molecule has 1 aliphatic carbocycles. The lowest BCUT2D eigenvalue weighted by Gasteiger charge is -2.10. The molecular weight excluding hydrogens is 144 g/mol. The number of Topliss-reactive ketones (excluding diaryl/α,β-unsaturated/α-hetero) is 1. The Morgan fingerprint density at radius 1 is 1.73 bits per heavy atom. The van der Waals surface area contributed by atoms with Crippen LogP contribution in [0.15, 0.2) is 0 Å². The molecular formula is C8H12O3. The lowest BCUT2D eigenvalue weighted by atomic mass is 9.93. The average Bonchev–Trinajstić information content (AvgIpc) is 2.30. The molecule has 11 heavy (non-hydrogen) atoms. The van der Waals surface area contributed by atoms with Crippen LogP contribution < -0.4 is 0 Å². The standard InChI is InChI=1S/C8H12O3/c1-2-5-3-4-6(9)7(5)8(10)11/h5,7H,2-4H2,1H3,(H,10,11). The molecule has 0 bridgehead atoms. The summed E-state index contributed by atoms with van der Waals surface area (Å²) < 4.78 is 0. The van der Waals surface area contributed by atoms with Crippen LogP contribution in [0.2, 0.25) is 0 Å². The monoisotopic (exact) mass is 156 g/mol. The SMILES string of the molecule is CCC1CCC(=O)C1C(=O)O. The van der Waals surface area contributed by atoms with E-state index in [1.807, 2.05) is 6.92 Å². The fourth-order valence-electron chi connectivity index (χ4n) is 1.69. The van der Waals surface area contributed by atoms with Crippen molar-refractivity contribution < 1.29 is 14.7 Å². The van der Waals surface area contributed by atoms with Gasteiger partial charge in [0, 0.05) is 6.42 Å². The number of carbonyl (C=O) groups excluding carboxylic acids is 1. The van der Waals surface area contributed by atoms with E-state index in [4.69, 9.17) is 5.11 Å². The van der Waals surface area contributed by atoms with Crippen molar-refractivity contribution in [1.82, 2.24) is 0 Å². The third-order valence-corrected chi connectivity index (χ3v) is 2.37. The van der Waals surface area contributed by atoms with Gasteiger partial charge in [0.15, 0.2) is 0 Å². The highest BCUT2D eigenvalue weighted by Gasteiger charge is 2.38. The molecule has 3 heteroatoms. The first-order chi connectivity index (χ1) is 5.16. The van der Waals surface area contributed by atoms with E-state index in [-0.39, 0.29) is 11.7 Å². The van der Waals surface area contributed by atoms with E-state index in [2.05, 4.69) is 0 Å². The summed E-state index contributed by atoms with van der Waals surface area (Å²) in [4.78, 5) is 21.6. The molecule has 1 fully saturated rings. The van der Waals surface area contributed by atoms with Crippen LogP contribution in [-0.2, 0) is 9.59 Å². The second-order valence-corrected chi connectivity index (χ2v) is 2.99. The minimum atomic E-state index is -0.945. The molecule has 1 N–H and O–H groups in total. The highest BCUT2D eigenvalue weighted by Crippen LogP contribution is 2.31. The molecule has 0 radical (unpaired) electrons. The summed E-state index contributed by atoms with van der Waals surface area (Å²) in [6.07, 6.45) is 2.00. The number of carbonyl (C=O) groups is 2. The van der Waals surface area contributed by atoms with Gasteiger partial charge < -0.3 is 5.11 Å². The van der Waals surface area contributed by atoms with Gasteiger partial charge in [-0.2, -0.15) is 0 Å². The van der Waals surface area contributed by atoms with E-state index in [0.717, 1.165) is 12.8 Å². The molecule has 62 valence electrons. The summed E-state index contributed by atoms with van der Waals surface area (Å²) >= 11 is 0. The first-order valence-corrected chi connectivity index (χ1v) is 3.92. The molecule has 2 unspecified atom stereocenters. The molecule has 3 nitrogen and oxygen atoms in total. The number of rotatable bonds is 2.